The number of pyridine rings is 1. The van der Waals surface area contributed by atoms with Crippen molar-refractivity contribution in [2.24, 2.45) is 0 Å². The first kappa shape index (κ1) is 9.88. The standard InChI is InChI=1S/C10H7N3O4/c14-8-7-3-6(13(16)17)4-11-9(7)12(10(8)15)5-1-2-5/h3-5H,1-2H2. The van der Waals surface area contributed by atoms with Crippen LogP contribution in [0.1, 0.15) is 23.2 Å². The summed E-state index contributed by atoms with van der Waals surface area (Å²) in [6.07, 6.45) is 2.76. The molecule has 17 heavy (non-hydrogen) atoms. The van der Waals surface area contributed by atoms with Crippen LogP contribution >= 0.6 is 0 Å². The van der Waals surface area contributed by atoms with Crippen molar-refractivity contribution in [1.82, 2.24) is 4.98 Å². The Morgan fingerprint density at radius 3 is 2.71 bits per heavy atom. The second kappa shape index (κ2) is 3.09. The van der Waals surface area contributed by atoms with Gasteiger partial charge >= 0.3 is 5.91 Å². The van der Waals surface area contributed by atoms with E-state index in [2.05, 4.69) is 4.98 Å². The third-order valence-electron chi connectivity index (χ3n) is 2.86. The van der Waals surface area contributed by atoms with Gasteiger partial charge in [-0.1, -0.05) is 0 Å². The van der Waals surface area contributed by atoms with E-state index in [0.29, 0.717) is 0 Å². The van der Waals surface area contributed by atoms with Crippen LogP contribution in [0.2, 0.25) is 0 Å². The van der Waals surface area contributed by atoms with E-state index in [9.17, 15) is 19.7 Å². The Morgan fingerprint density at radius 2 is 2.12 bits per heavy atom. The fourth-order valence-corrected chi connectivity index (χ4v) is 1.90. The van der Waals surface area contributed by atoms with Gasteiger partial charge in [-0.25, -0.2) is 4.98 Å². The largest absolute Gasteiger partial charge is 0.300 e. The number of aromatic nitrogens is 1. The summed E-state index contributed by atoms with van der Waals surface area (Å²) in [5.74, 6) is -1.08. The fraction of sp³-hybridized carbons (Fsp3) is 0.300. The van der Waals surface area contributed by atoms with Gasteiger partial charge in [0.1, 0.15) is 12.0 Å². The lowest BCUT2D eigenvalue weighted by atomic mass is 10.2. The first-order chi connectivity index (χ1) is 8.09. The molecule has 0 spiro atoms. The molecule has 0 atom stereocenters. The molecule has 1 aliphatic heterocycles. The molecule has 1 aromatic rings. The zero-order valence-electron chi connectivity index (χ0n) is 8.62. The molecule has 3 rings (SSSR count). The van der Waals surface area contributed by atoms with Gasteiger partial charge in [0, 0.05) is 12.1 Å². The maximum absolute atomic E-state index is 11.7. The molecule has 0 unspecified atom stereocenters. The number of anilines is 1. The number of carbonyl (C=O) groups excluding carboxylic acids is 2. The van der Waals surface area contributed by atoms with Crippen molar-refractivity contribution in [2.45, 2.75) is 18.9 Å². The molecular weight excluding hydrogens is 226 g/mol. The second-order valence-corrected chi connectivity index (χ2v) is 4.06. The molecule has 1 amide bonds. The smallest absolute Gasteiger partial charge is 0.286 e. The first-order valence-electron chi connectivity index (χ1n) is 5.12. The molecule has 0 saturated heterocycles. The topological polar surface area (TPSA) is 93.4 Å². The number of fused-ring (bicyclic) bond motifs is 1. The number of hydrogen-bond donors (Lipinski definition) is 0. The number of carbonyl (C=O) groups is 2. The quantitative estimate of drug-likeness (QED) is 0.425. The Balaban J connectivity index is 2.13. The lowest BCUT2D eigenvalue weighted by Gasteiger charge is -2.13. The van der Waals surface area contributed by atoms with Crippen LogP contribution in [0.15, 0.2) is 12.3 Å². The third kappa shape index (κ3) is 1.32. The van der Waals surface area contributed by atoms with Gasteiger partial charge in [0.2, 0.25) is 0 Å². The highest BCUT2D eigenvalue weighted by atomic mass is 16.6. The molecule has 1 aromatic heterocycles. The maximum Gasteiger partial charge on any atom is 0.300 e. The third-order valence-corrected chi connectivity index (χ3v) is 2.86. The number of amides is 1. The average Bonchev–Trinajstić information content (AvgIpc) is 3.09. The number of rotatable bonds is 2. The molecule has 0 aromatic carbocycles. The van der Waals surface area contributed by atoms with Crippen molar-refractivity contribution in [3.05, 3.63) is 27.9 Å². The van der Waals surface area contributed by atoms with Crippen LogP contribution in [-0.4, -0.2) is 27.6 Å². The summed E-state index contributed by atoms with van der Waals surface area (Å²) in [4.78, 5) is 38.5. The second-order valence-electron chi connectivity index (χ2n) is 4.06. The molecule has 1 saturated carbocycles. The fourth-order valence-electron chi connectivity index (χ4n) is 1.90. The minimum absolute atomic E-state index is 0.0293. The number of hydrogen-bond acceptors (Lipinski definition) is 5. The maximum atomic E-state index is 11.7. The molecule has 7 nitrogen and oxygen atoms in total. The minimum Gasteiger partial charge on any atom is -0.286 e. The van der Waals surface area contributed by atoms with Gasteiger partial charge in [0.05, 0.1) is 10.5 Å². The van der Waals surface area contributed by atoms with E-state index in [0.717, 1.165) is 25.1 Å². The molecule has 7 heteroatoms. The zero-order chi connectivity index (χ0) is 12.2. The van der Waals surface area contributed by atoms with Crippen molar-refractivity contribution in [3.8, 4) is 0 Å². The summed E-state index contributed by atoms with van der Waals surface area (Å²) < 4.78 is 0. The Morgan fingerprint density at radius 1 is 1.41 bits per heavy atom. The van der Waals surface area contributed by atoms with Gasteiger partial charge in [-0.3, -0.25) is 24.6 Å². The summed E-state index contributed by atoms with van der Waals surface area (Å²) >= 11 is 0. The summed E-state index contributed by atoms with van der Waals surface area (Å²) in [6.45, 7) is 0. The van der Waals surface area contributed by atoms with Gasteiger partial charge in [0.15, 0.2) is 0 Å². The van der Waals surface area contributed by atoms with Crippen LogP contribution in [0.3, 0.4) is 0 Å². The number of Topliss-reactive ketones (excluding diaryl/α,β-unsaturated/α-hetero) is 1. The van der Waals surface area contributed by atoms with E-state index in [1.54, 1.807) is 0 Å². The zero-order valence-corrected chi connectivity index (χ0v) is 8.62. The Hall–Kier alpha value is -2.31. The normalized spacial score (nSPS) is 18.5. The van der Waals surface area contributed by atoms with E-state index >= 15 is 0 Å². The molecule has 1 fully saturated rings. The van der Waals surface area contributed by atoms with Crippen molar-refractivity contribution in [2.75, 3.05) is 4.90 Å². The molecule has 2 heterocycles. The number of ketones is 1. The van der Waals surface area contributed by atoms with Crippen LogP contribution in [0.25, 0.3) is 0 Å². The Bertz CT molecular complexity index is 565. The van der Waals surface area contributed by atoms with Gasteiger partial charge in [-0.05, 0) is 12.8 Å². The van der Waals surface area contributed by atoms with Crippen molar-refractivity contribution in [3.63, 3.8) is 0 Å². The van der Waals surface area contributed by atoms with E-state index in [4.69, 9.17) is 0 Å². The summed E-state index contributed by atoms with van der Waals surface area (Å²) in [5, 5.41) is 10.6. The van der Waals surface area contributed by atoms with Gasteiger partial charge < -0.3 is 0 Å². The monoisotopic (exact) mass is 233 g/mol. The molecule has 0 bridgehead atoms. The van der Waals surface area contributed by atoms with Crippen molar-refractivity contribution in [1.29, 1.82) is 0 Å². The minimum atomic E-state index is -0.705. The highest BCUT2D eigenvalue weighted by Crippen LogP contribution is 2.38. The average molecular weight is 233 g/mol. The molecule has 0 N–H and O–H groups in total. The molecule has 0 radical (unpaired) electrons. The van der Waals surface area contributed by atoms with E-state index in [-0.39, 0.29) is 23.1 Å². The van der Waals surface area contributed by atoms with Crippen LogP contribution < -0.4 is 4.90 Å². The highest BCUT2D eigenvalue weighted by molar-refractivity contribution is 6.52. The highest BCUT2D eigenvalue weighted by Gasteiger charge is 2.45. The lowest BCUT2D eigenvalue weighted by molar-refractivity contribution is -0.385. The molecular formula is C10H7N3O4. The summed E-state index contributed by atoms with van der Waals surface area (Å²) in [7, 11) is 0. The number of nitrogens with zero attached hydrogens (tertiary/aromatic N) is 3. The molecule has 1 aliphatic carbocycles. The van der Waals surface area contributed by atoms with Crippen molar-refractivity contribution < 1.29 is 14.5 Å². The summed E-state index contributed by atoms with van der Waals surface area (Å²) in [5.41, 5.74) is -0.237. The molecule has 86 valence electrons. The van der Waals surface area contributed by atoms with E-state index < -0.39 is 16.6 Å². The van der Waals surface area contributed by atoms with Gasteiger partial charge in [-0.15, -0.1) is 0 Å². The van der Waals surface area contributed by atoms with Gasteiger partial charge in [-0.2, -0.15) is 0 Å². The Kier molecular flexibility index (Phi) is 1.80. The van der Waals surface area contributed by atoms with E-state index in [1.807, 2.05) is 0 Å². The predicted molar refractivity (Wildman–Crippen MR) is 55.7 cm³/mol. The molecule has 2 aliphatic rings. The van der Waals surface area contributed by atoms with Crippen molar-refractivity contribution >= 4 is 23.2 Å². The lowest BCUT2D eigenvalue weighted by Crippen LogP contribution is -2.32. The number of nitro groups is 1. The first-order valence-corrected chi connectivity index (χ1v) is 5.12. The SMILES string of the molecule is O=C1C(=O)N(C2CC2)c2ncc([N+](=O)[O-])cc21. The van der Waals surface area contributed by atoms with Crippen LogP contribution in [0.4, 0.5) is 11.5 Å². The van der Waals surface area contributed by atoms with Crippen LogP contribution in [0.5, 0.6) is 0 Å². The Labute approximate surface area is 95.2 Å². The predicted octanol–water partition coefficient (Wildman–Crippen LogP) is 0.681. The van der Waals surface area contributed by atoms with Crippen LogP contribution in [-0.2, 0) is 4.79 Å². The van der Waals surface area contributed by atoms with Gasteiger partial charge in [0.25, 0.3) is 11.5 Å². The summed E-state index contributed by atoms with van der Waals surface area (Å²) in [6, 6.07) is 1.15. The van der Waals surface area contributed by atoms with Crippen LogP contribution in [0, 0.1) is 10.1 Å². The van der Waals surface area contributed by atoms with E-state index in [1.165, 1.54) is 4.90 Å².